The van der Waals surface area contributed by atoms with Gasteiger partial charge in [-0.05, 0) is 43.2 Å². The third kappa shape index (κ3) is 4.29. The number of furan rings is 1. The van der Waals surface area contributed by atoms with Crippen molar-refractivity contribution in [1.82, 2.24) is 14.7 Å². The molecule has 3 heterocycles. The average molecular weight is 397 g/mol. The lowest BCUT2D eigenvalue weighted by molar-refractivity contribution is -0.137. The summed E-state index contributed by atoms with van der Waals surface area (Å²) in [6.07, 6.45) is 3.71. The number of ether oxygens (including phenoxy) is 1. The van der Waals surface area contributed by atoms with Crippen LogP contribution in [0.1, 0.15) is 29.0 Å². The van der Waals surface area contributed by atoms with Gasteiger partial charge in [0.1, 0.15) is 17.6 Å². The molecule has 2 fully saturated rings. The molecule has 2 amide bonds. The van der Waals surface area contributed by atoms with Gasteiger partial charge in [0.25, 0.3) is 5.91 Å². The zero-order valence-electron chi connectivity index (χ0n) is 16.8. The molecule has 1 unspecified atom stereocenters. The first-order valence-electron chi connectivity index (χ1n) is 10.1. The maximum Gasteiger partial charge on any atom is 0.254 e. The highest BCUT2D eigenvalue weighted by Gasteiger charge is 2.38. The number of hydrogen-bond acceptors (Lipinski definition) is 5. The van der Waals surface area contributed by atoms with E-state index in [-0.39, 0.29) is 11.8 Å². The van der Waals surface area contributed by atoms with Crippen molar-refractivity contribution >= 4 is 11.8 Å². The smallest absolute Gasteiger partial charge is 0.254 e. The Kier molecular flexibility index (Phi) is 5.85. The molecule has 1 aromatic heterocycles. The van der Waals surface area contributed by atoms with Crippen LogP contribution >= 0.6 is 0 Å². The molecule has 0 spiro atoms. The molecule has 2 aliphatic heterocycles. The van der Waals surface area contributed by atoms with E-state index in [9.17, 15) is 9.59 Å². The van der Waals surface area contributed by atoms with Gasteiger partial charge < -0.3 is 19.0 Å². The van der Waals surface area contributed by atoms with Gasteiger partial charge in [-0.2, -0.15) is 0 Å². The van der Waals surface area contributed by atoms with E-state index in [4.69, 9.17) is 9.15 Å². The molecule has 7 heteroatoms. The summed E-state index contributed by atoms with van der Waals surface area (Å²) >= 11 is 0. The van der Waals surface area contributed by atoms with E-state index in [2.05, 4.69) is 4.90 Å². The number of likely N-dealkylation sites (tertiary alicyclic amines) is 1. The van der Waals surface area contributed by atoms with Gasteiger partial charge in [0.2, 0.25) is 5.91 Å². The number of benzene rings is 1. The van der Waals surface area contributed by atoms with Crippen LogP contribution in [-0.4, -0.2) is 72.4 Å². The Hall–Kier alpha value is -2.80. The Balaban J connectivity index is 1.55. The molecule has 154 valence electrons. The zero-order chi connectivity index (χ0) is 20.2. The van der Waals surface area contributed by atoms with Crippen LogP contribution in [-0.2, 0) is 11.3 Å². The number of carbonyl (C=O) groups excluding carboxylic acids is 2. The van der Waals surface area contributed by atoms with Gasteiger partial charge in [0.15, 0.2) is 0 Å². The summed E-state index contributed by atoms with van der Waals surface area (Å²) in [6, 6.07) is 10.4. The average Bonchev–Trinajstić information content (AvgIpc) is 3.47. The highest BCUT2D eigenvalue weighted by molar-refractivity contribution is 5.98. The Bertz CT molecular complexity index is 846. The molecule has 2 aromatic rings. The van der Waals surface area contributed by atoms with E-state index in [1.165, 1.54) is 0 Å². The number of amides is 2. The monoisotopic (exact) mass is 397 g/mol. The van der Waals surface area contributed by atoms with Gasteiger partial charge >= 0.3 is 0 Å². The molecule has 0 bridgehead atoms. The summed E-state index contributed by atoms with van der Waals surface area (Å²) in [4.78, 5) is 32.4. The van der Waals surface area contributed by atoms with Gasteiger partial charge in [-0.1, -0.05) is 6.07 Å². The van der Waals surface area contributed by atoms with Crippen molar-refractivity contribution in [3.05, 3.63) is 54.0 Å². The Morgan fingerprint density at radius 2 is 1.93 bits per heavy atom. The highest BCUT2D eigenvalue weighted by atomic mass is 16.5. The van der Waals surface area contributed by atoms with Crippen molar-refractivity contribution in [1.29, 1.82) is 0 Å². The van der Waals surface area contributed by atoms with E-state index in [1.54, 1.807) is 36.5 Å². The normalized spacial score (nSPS) is 20.1. The van der Waals surface area contributed by atoms with Crippen molar-refractivity contribution < 1.29 is 18.7 Å². The minimum Gasteiger partial charge on any atom is -0.497 e. The molecule has 2 aliphatic rings. The number of hydrogen-bond donors (Lipinski definition) is 0. The third-order valence-electron chi connectivity index (χ3n) is 5.70. The summed E-state index contributed by atoms with van der Waals surface area (Å²) in [5.74, 6) is 1.42. The second kappa shape index (κ2) is 8.69. The number of methoxy groups -OCH3 is 1. The molecule has 0 saturated carbocycles. The molecule has 0 aliphatic carbocycles. The number of piperazine rings is 1. The second-order valence-electron chi connectivity index (χ2n) is 7.59. The first-order chi connectivity index (χ1) is 14.2. The van der Waals surface area contributed by atoms with E-state index in [0.717, 1.165) is 31.7 Å². The maximum atomic E-state index is 13.3. The molecule has 1 aromatic carbocycles. The molecule has 0 radical (unpaired) electrons. The van der Waals surface area contributed by atoms with Crippen LogP contribution in [0.5, 0.6) is 5.75 Å². The van der Waals surface area contributed by atoms with Crippen molar-refractivity contribution in [2.24, 2.45) is 0 Å². The van der Waals surface area contributed by atoms with Crippen LogP contribution in [0.15, 0.2) is 47.1 Å². The largest absolute Gasteiger partial charge is 0.497 e. The van der Waals surface area contributed by atoms with Crippen LogP contribution in [0.3, 0.4) is 0 Å². The SMILES string of the molecule is COc1cccc(C(=O)N2CCN(Cc3ccco3)CC2C(=O)N2CCCC2)c1. The molecule has 2 saturated heterocycles. The summed E-state index contributed by atoms with van der Waals surface area (Å²) in [5.41, 5.74) is 0.544. The van der Waals surface area contributed by atoms with Crippen molar-refractivity contribution in [3.8, 4) is 5.75 Å². The van der Waals surface area contributed by atoms with Crippen molar-refractivity contribution in [2.75, 3.05) is 39.8 Å². The molecule has 4 rings (SSSR count). The minimum absolute atomic E-state index is 0.0443. The van der Waals surface area contributed by atoms with Crippen LogP contribution in [0.2, 0.25) is 0 Å². The number of nitrogens with zero attached hydrogens (tertiary/aromatic N) is 3. The van der Waals surface area contributed by atoms with Crippen LogP contribution in [0.4, 0.5) is 0 Å². The maximum absolute atomic E-state index is 13.3. The molecule has 29 heavy (non-hydrogen) atoms. The Morgan fingerprint density at radius 3 is 2.66 bits per heavy atom. The first-order valence-corrected chi connectivity index (χ1v) is 10.1. The summed E-state index contributed by atoms with van der Waals surface area (Å²) in [6.45, 7) is 3.88. The first kappa shape index (κ1) is 19.5. The standard InChI is InChI=1S/C22H27N3O4/c1-28-18-7-4-6-17(14-18)21(26)25-12-11-23(15-19-8-5-13-29-19)16-20(25)22(27)24-9-2-3-10-24/h4-8,13-14,20H,2-3,9-12,15-16H2,1H3. The predicted octanol–water partition coefficient (Wildman–Crippen LogP) is 2.24. The summed E-state index contributed by atoms with van der Waals surface area (Å²) in [5, 5.41) is 0. The van der Waals surface area contributed by atoms with Gasteiger partial charge in [-0.3, -0.25) is 14.5 Å². The van der Waals surface area contributed by atoms with E-state index < -0.39 is 6.04 Å². The second-order valence-corrected chi connectivity index (χ2v) is 7.59. The predicted molar refractivity (Wildman–Crippen MR) is 108 cm³/mol. The van der Waals surface area contributed by atoms with Gasteiger partial charge in [0, 0.05) is 38.3 Å². The highest BCUT2D eigenvalue weighted by Crippen LogP contribution is 2.22. The van der Waals surface area contributed by atoms with Crippen molar-refractivity contribution in [3.63, 3.8) is 0 Å². The molecular formula is C22H27N3O4. The van der Waals surface area contributed by atoms with Gasteiger partial charge in [-0.25, -0.2) is 0 Å². The van der Waals surface area contributed by atoms with Crippen LogP contribution in [0, 0.1) is 0 Å². The lowest BCUT2D eigenvalue weighted by Gasteiger charge is -2.41. The quantitative estimate of drug-likeness (QED) is 0.774. The molecule has 1 atom stereocenters. The lowest BCUT2D eigenvalue weighted by Crippen LogP contribution is -2.60. The van der Waals surface area contributed by atoms with Crippen molar-refractivity contribution in [2.45, 2.75) is 25.4 Å². The number of carbonyl (C=O) groups is 2. The minimum atomic E-state index is -0.490. The molecule has 7 nitrogen and oxygen atoms in total. The van der Waals surface area contributed by atoms with Crippen LogP contribution < -0.4 is 4.74 Å². The molecular weight excluding hydrogens is 370 g/mol. The fourth-order valence-electron chi connectivity index (χ4n) is 4.13. The third-order valence-corrected chi connectivity index (χ3v) is 5.70. The number of rotatable bonds is 5. The Morgan fingerprint density at radius 1 is 1.10 bits per heavy atom. The summed E-state index contributed by atoms with van der Waals surface area (Å²) < 4.78 is 10.7. The Labute approximate surface area is 170 Å². The van der Waals surface area contributed by atoms with E-state index in [1.807, 2.05) is 23.1 Å². The van der Waals surface area contributed by atoms with Gasteiger partial charge in [-0.15, -0.1) is 0 Å². The molecule has 0 N–H and O–H groups in total. The van der Waals surface area contributed by atoms with E-state index >= 15 is 0 Å². The topological polar surface area (TPSA) is 66.2 Å². The van der Waals surface area contributed by atoms with Crippen LogP contribution in [0.25, 0.3) is 0 Å². The van der Waals surface area contributed by atoms with E-state index in [0.29, 0.717) is 37.5 Å². The zero-order valence-corrected chi connectivity index (χ0v) is 16.8. The fraction of sp³-hybridized carbons (Fsp3) is 0.455. The fourth-order valence-corrected chi connectivity index (χ4v) is 4.13. The van der Waals surface area contributed by atoms with Gasteiger partial charge in [0.05, 0.1) is 19.9 Å². The lowest BCUT2D eigenvalue weighted by atomic mass is 10.1. The summed E-state index contributed by atoms with van der Waals surface area (Å²) in [7, 11) is 1.58.